The van der Waals surface area contributed by atoms with E-state index in [1.807, 2.05) is 59.2 Å². The highest BCUT2D eigenvalue weighted by molar-refractivity contribution is 7.14. The number of hydrogen-bond acceptors (Lipinski definition) is 5. The van der Waals surface area contributed by atoms with Gasteiger partial charge in [0.25, 0.3) is 5.91 Å². The van der Waals surface area contributed by atoms with E-state index in [1.165, 1.54) is 11.3 Å². The molecule has 4 rings (SSSR count). The van der Waals surface area contributed by atoms with E-state index in [-0.39, 0.29) is 5.91 Å². The molecule has 0 saturated heterocycles. The number of pyridine rings is 1. The topological polar surface area (TPSA) is 62.5 Å². The summed E-state index contributed by atoms with van der Waals surface area (Å²) in [5, 5.41) is 6.24. The molecular weight excluding hydrogens is 429 g/mol. The lowest BCUT2D eigenvalue weighted by Crippen LogP contribution is -2.19. The Labute approximate surface area is 181 Å². The number of benzene rings is 1. The van der Waals surface area contributed by atoms with Crippen molar-refractivity contribution >= 4 is 51.2 Å². The first-order valence-electron chi connectivity index (χ1n) is 8.75. The van der Waals surface area contributed by atoms with Gasteiger partial charge in [0, 0.05) is 28.7 Å². The Kier molecular flexibility index (Phi) is 5.56. The third-order valence-corrected chi connectivity index (χ3v) is 5.55. The molecule has 0 radical (unpaired) electrons. The molecule has 0 aliphatic carbocycles. The molecule has 1 aromatic carbocycles. The summed E-state index contributed by atoms with van der Waals surface area (Å²) in [7, 11) is 3.90. The van der Waals surface area contributed by atoms with Gasteiger partial charge < -0.3 is 9.30 Å². The van der Waals surface area contributed by atoms with Crippen LogP contribution in [0, 0.1) is 0 Å². The van der Waals surface area contributed by atoms with Crippen LogP contribution >= 0.6 is 34.5 Å². The molecule has 29 heavy (non-hydrogen) atoms. The second-order valence-corrected chi connectivity index (χ2v) is 8.39. The van der Waals surface area contributed by atoms with Gasteiger partial charge >= 0.3 is 0 Å². The molecule has 0 spiro atoms. The highest BCUT2D eigenvalue weighted by Gasteiger charge is 2.20. The van der Waals surface area contributed by atoms with Gasteiger partial charge in [0.15, 0.2) is 10.8 Å². The normalized spacial score (nSPS) is 11.3. The Balaban J connectivity index is 1.63. The molecule has 3 aromatic heterocycles. The van der Waals surface area contributed by atoms with E-state index >= 15 is 0 Å². The first-order chi connectivity index (χ1) is 13.9. The molecule has 1 amide bonds. The molecule has 0 unspecified atom stereocenters. The number of nitrogens with one attached hydrogen (secondary N) is 1. The average Bonchev–Trinajstić information content (AvgIpc) is 3.26. The number of halogens is 2. The molecule has 0 aliphatic rings. The zero-order valence-electron chi connectivity index (χ0n) is 15.7. The van der Waals surface area contributed by atoms with Crippen molar-refractivity contribution < 1.29 is 4.79 Å². The minimum atomic E-state index is -0.298. The zero-order valence-corrected chi connectivity index (χ0v) is 18.0. The maximum absolute atomic E-state index is 13.0. The predicted octanol–water partition coefficient (Wildman–Crippen LogP) is 5.08. The highest BCUT2D eigenvalue weighted by Crippen LogP contribution is 2.32. The summed E-state index contributed by atoms with van der Waals surface area (Å²) in [4.78, 5) is 24.0. The van der Waals surface area contributed by atoms with Gasteiger partial charge in [-0.15, -0.1) is 11.3 Å². The van der Waals surface area contributed by atoms with E-state index in [4.69, 9.17) is 23.2 Å². The largest absolute Gasteiger partial charge is 0.304 e. The van der Waals surface area contributed by atoms with Gasteiger partial charge in [0.05, 0.1) is 16.4 Å². The van der Waals surface area contributed by atoms with Crippen molar-refractivity contribution in [1.82, 2.24) is 19.3 Å². The van der Waals surface area contributed by atoms with E-state index in [0.717, 1.165) is 16.9 Å². The lowest BCUT2D eigenvalue weighted by Gasteiger charge is -2.10. The fourth-order valence-electron chi connectivity index (χ4n) is 2.99. The molecule has 0 atom stereocenters. The molecular formula is C20H17Cl2N5OS. The Hall–Kier alpha value is -2.45. The van der Waals surface area contributed by atoms with Crippen LogP contribution in [-0.4, -0.2) is 39.3 Å². The van der Waals surface area contributed by atoms with Crippen LogP contribution in [0.3, 0.4) is 0 Å². The van der Waals surface area contributed by atoms with Crippen LogP contribution in [0.15, 0.2) is 48.0 Å². The number of anilines is 1. The van der Waals surface area contributed by atoms with Gasteiger partial charge in [-0.3, -0.25) is 10.1 Å². The summed E-state index contributed by atoms with van der Waals surface area (Å²) in [6.45, 7) is 0.581. The number of amides is 1. The molecule has 1 N–H and O–H groups in total. The summed E-state index contributed by atoms with van der Waals surface area (Å²) >= 11 is 13.6. The van der Waals surface area contributed by atoms with Crippen LogP contribution in [0.4, 0.5) is 5.13 Å². The third kappa shape index (κ3) is 4.13. The summed E-state index contributed by atoms with van der Waals surface area (Å²) in [6.07, 6.45) is 1.90. The minimum Gasteiger partial charge on any atom is -0.304 e. The van der Waals surface area contributed by atoms with Gasteiger partial charge in [-0.25, -0.2) is 9.97 Å². The highest BCUT2D eigenvalue weighted by atomic mass is 35.5. The van der Waals surface area contributed by atoms with Gasteiger partial charge in [0.1, 0.15) is 5.65 Å². The number of rotatable bonds is 5. The fourth-order valence-corrected chi connectivity index (χ4v) is 4.20. The predicted molar refractivity (Wildman–Crippen MR) is 118 cm³/mol. The third-order valence-electron chi connectivity index (χ3n) is 4.24. The fraction of sp³-hybridized carbons (Fsp3) is 0.150. The second-order valence-electron chi connectivity index (χ2n) is 6.69. The van der Waals surface area contributed by atoms with Crippen LogP contribution in [0.5, 0.6) is 0 Å². The van der Waals surface area contributed by atoms with Crippen molar-refractivity contribution in [1.29, 1.82) is 0 Å². The number of hydrogen-bond donors (Lipinski definition) is 1. The molecule has 0 bridgehead atoms. The lowest BCUT2D eigenvalue weighted by molar-refractivity contribution is 0.102. The second kappa shape index (κ2) is 8.12. The van der Waals surface area contributed by atoms with Crippen LogP contribution < -0.4 is 5.32 Å². The Bertz CT molecular complexity index is 1200. The van der Waals surface area contributed by atoms with Crippen molar-refractivity contribution in [3.05, 3.63) is 69.4 Å². The molecule has 0 saturated carbocycles. The van der Waals surface area contributed by atoms with E-state index in [2.05, 4.69) is 15.3 Å². The first-order valence-corrected chi connectivity index (χ1v) is 10.4. The van der Waals surface area contributed by atoms with Crippen molar-refractivity contribution in [2.45, 2.75) is 6.54 Å². The van der Waals surface area contributed by atoms with Crippen molar-refractivity contribution in [2.75, 3.05) is 19.4 Å². The Morgan fingerprint density at radius 1 is 1.21 bits per heavy atom. The number of fused-ring (bicyclic) bond motifs is 1. The number of aromatic nitrogens is 3. The van der Waals surface area contributed by atoms with Crippen LogP contribution in [-0.2, 0) is 6.54 Å². The van der Waals surface area contributed by atoms with Crippen molar-refractivity contribution in [3.63, 3.8) is 0 Å². The Morgan fingerprint density at radius 3 is 2.79 bits per heavy atom. The molecule has 4 aromatic rings. The first kappa shape index (κ1) is 19.8. The number of thiazole rings is 1. The summed E-state index contributed by atoms with van der Waals surface area (Å²) in [5.41, 5.74) is 3.36. The quantitative estimate of drug-likeness (QED) is 0.465. The number of carbonyl (C=O) groups excluding carboxylic acids is 1. The monoisotopic (exact) mass is 445 g/mol. The van der Waals surface area contributed by atoms with Crippen molar-refractivity contribution in [2.24, 2.45) is 0 Å². The van der Waals surface area contributed by atoms with Crippen LogP contribution in [0.1, 0.15) is 16.2 Å². The Morgan fingerprint density at radius 2 is 2.03 bits per heavy atom. The summed E-state index contributed by atoms with van der Waals surface area (Å²) in [5.74, 6) is -0.298. The summed E-state index contributed by atoms with van der Waals surface area (Å²) < 4.78 is 1.93. The minimum absolute atomic E-state index is 0.298. The van der Waals surface area contributed by atoms with Gasteiger partial charge in [-0.1, -0.05) is 29.3 Å². The van der Waals surface area contributed by atoms with Gasteiger partial charge in [0.2, 0.25) is 0 Å². The maximum Gasteiger partial charge on any atom is 0.278 e. The molecule has 0 aliphatic heterocycles. The van der Waals surface area contributed by atoms with E-state index < -0.39 is 0 Å². The van der Waals surface area contributed by atoms with Crippen LogP contribution in [0.25, 0.3) is 16.9 Å². The smallest absolute Gasteiger partial charge is 0.278 e. The molecule has 3 heterocycles. The average molecular weight is 446 g/mol. The van der Waals surface area contributed by atoms with Gasteiger partial charge in [-0.05, 0) is 44.4 Å². The van der Waals surface area contributed by atoms with Gasteiger partial charge in [-0.2, -0.15) is 0 Å². The molecule has 6 nitrogen and oxygen atoms in total. The SMILES string of the molecule is CN(C)Cc1c(C(=O)Nc2nc(-c3ccc(Cl)cc3Cl)cs2)nc2ccccn12. The molecule has 148 valence electrons. The number of carbonyl (C=O) groups is 1. The number of imidazole rings is 1. The maximum atomic E-state index is 13.0. The molecule has 0 fully saturated rings. The standard InChI is InChI=1S/C20H17Cl2N5OS/c1-26(2)10-16-18(24-17-5-3-4-8-27(16)17)19(28)25-20-23-15(11-29-20)13-7-6-12(21)9-14(13)22/h3-9,11H,10H2,1-2H3,(H,23,25,28). The van der Waals surface area contributed by atoms with E-state index in [0.29, 0.717) is 33.1 Å². The zero-order chi connectivity index (χ0) is 20.5. The number of nitrogens with zero attached hydrogens (tertiary/aromatic N) is 4. The van der Waals surface area contributed by atoms with Crippen LogP contribution in [0.2, 0.25) is 10.0 Å². The molecule has 9 heteroatoms. The summed E-state index contributed by atoms with van der Waals surface area (Å²) in [6, 6.07) is 10.9. The van der Waals surface area contributed by atoms with E-state index in [1.54, 1.807) is 12.1 Å². The van der Waals surface area contributed by atoms with E-state index in [9.17, 15) is 4.79 Å². The lowest BCUT2D eigenvalue weighted by atomic mass is 10.2. The van der Waals surface area contributed by atoms with Crippen molar-refractivity contribution in [3.8, 4) is 11.3 Å².